The number of hydrogen-bond acceptors (Lipinski definition) is 4. The summed E-state index contributed by atoms with van der Waals surface area (Å²) in [6.07, 6.45) is 9.51. The van der Waals surface area contributed by atoms with Gasteiger partial charge in [-0.1, -0.05) is 13.5 Å². The van der Waals surface area contributed by atoms with Gasteiger partial charge in [0.2, 0.25) is 5.91 Å². The van der Waals surface area contributed by atoms with Crippen LogP contribution in [-0.2, 0) is 18.3 Å². The number of amides is 1. The third-order valence-corrected chi connectivity index (χ3v) is 4.59. The fraction of sp³-hybridized carbons (Fsp3) is 0.143. The fourth-order valence-corrected chi connectivity index (χ4v) is 3.19. The van der Waals surface area contributed by atoms with Crippen LogP contribution in [0, 0.1) is 0 Å². The average molecular weight is 372 g/mol. The average Bonchev–Trinajstić information content (AvgIpc) is 3.30. The van der Waals surface area contributed by atoms with E-state index in [2.05, 4.69) is 51.0 Å². The fourth-order valence-electron chi connectivity index (χ4n) is 3.19. The summed E-state index contributed by atoms with van der Waals surface area (Å²) in [5, 5.41) is 8.08. The molecule has 4 aromatic heterocycles. The molecule has 0 bridgehead atoms. The summed E-state index contributed by atoms with van der Waals surface area (Å²) in [5.41, 5.74) is 5.64. The summed E-state index contributed by atoms with van der Waals surface area (Å²) in [7, 11) is 1.81. The van der Waals surface area contributed by atoms with Crippen molar-refractivity contribution in [3.63, 3.8) is 0 Å². The number of nitrogens with one attached hydrogen (secondary N) is 2. The van der Waals surface area contributed by atoms with Crippen molar-refractivity contribution in [1.82, 2.24) is 24.7 Å². The van der Waals surface area contributed by atoms with Gasteiger partial charge in [0.1, 0.15) is 5.65 Å². The molecule has 4 aromatic rings. The van der Waals surface area contributed by atoms with Crippen LogP contribution in [0.1, 0.15) is 12.6 Å². The molecular formula is C21H20N6O. The van der Waals surface area contributed by atoms with Crippen molar-refractivity contribution < 1.29 is 4.79 Å². The first kappa shape index (κ1) is 17.7. The highest BCUT2D eigenvalue weighted by Crippen LogP contribution is 2.33. The van der Waals surface area contributed by atoms with E-state index in [-0.39, 0.29) is 5.91 Å². The summed E-state index contributed by atoms with van der Waals surface area (Å²) >= 11 is 0. The molecule has 0 aromatic carbocycles. The van der Waals surface area contributed by atoms with E-state index in [0.29, 0.717) is 5.82 Å². The van der Waals surface area contributed by atoms with Crippen molar-refractivity contribution in [2.75, 3.05) is 5.32 Å². The topological polar surface area (TPSA) is 88.5 Å². The molecule has 1 amide bonds. The standard InChI is InChI=1S/C21H20N6O/c1-4-15-8-13(6-7-22-15)17-11-24-20-16(17)9-14(10-23-20)18-12-27(3)26-21(18)25-19(28)5-2/h5-12H,2,4H2,1,3H3,(H,23,24)(H,25,26,28). The molecule has 4 heterocycles. The van der Waals surface area contributed by atoms with Gasteiger partial charge in [-0.25, -0.2) is 4.98 Å². The lowest BCUT2D eigenvalue weighted by Gasteiger charge is -2.05. The molecule has 0 aliphatic rings. The highest BCUT2D eigenvalue weighted by Gasteiger charge is 2.15. The third-order valence-electron chi connectivity index (χ3n) is 4.59. The largest absolute Gasteiger partial charge is 0.346 e. The molecule has 4 rings (SSSR count). The second-order valence-electron chi connectivity index (χ2n) is 6.47. The highest BCUT2D eigenvalue weighted by molar-refractivity contribution is 6.02. The molecule has 0 radical (unpaired) electrons. The van der Waals surface area contributed by atoms with Gasteiger partial charge in [-0.2, -0.15) is 5.10 Å². The van der Waals surface area contributed by atoms with Crippen LogP contribution in [0.5, 0.6) is 0 Å². The van der Waals surface area contributed by atoms with Crippen LogP contribution in [0.25, 0.3) is 33.3 Å². The van der Waals surface area contributed by atoms with Crippen molar-refractivity contribution in [1.29, 1.82) is 0 Å². The van der Waals surface area contributed by atoms with Gasteiger partial charge in [-0.3, -0.25) is 14.5 Å². The number of aryl methyl sites for hydroxylation is 2. The SMILES string of the molecule is C=CC(=O)Nc1nn(C)cc1-c1cnc2[nH]cc(-c3ccnc(CC)c3)c2c1. The number of fused-ring (bicyclic) bond motifs is 1. The van der Waals surface area contributed by atoms with Gasteiger partial charge in [-0.15, -0.1) is 0 Å². The second-order valence-corrected chi connectivity index (χ2v) is 6.47. The molecule has 0 aliphatic carbocycles. The van der Waals surface area contributed by atoms with Gasteiger partial charge in [-0.05, 0) is 36.3 Å². The van der Waals surface area contributed by atoms with Crippen molar-refractivity contribution in [3.8, 4) is 22.3 Å². The zero-order chi connectivity index (χ0) is 19.7. The number of carbonyl (C=O) groups is 1. The van der Waals surface area contributed by atoms with Gasteiger partial charge in [0.05, 0.1) is 0 Å². The molecule has 0 saturated heterocycles. The Kier molecular flexibility index (Phi) is 4.49. The second kappa shape index (κ2) is 7.11. The number of rotatable bonds is 5. The summed E-state index contributed by atoms with van der Waals surface area (Å²) in [6, 6.07) is 6.14. The van der Waals surface area contributed by atoms with Crippen LogP contribution in [0.15, 0.2) is 55.6 Å². The molecule has 7 nitrogen and oxygen atoms in total. The minimum atomic E-state index is -0.305. The molecule has 0 unspecified atom stereocenters. The van der Waals surface area contributed by atoms with Gasteiger partial charge in [0, 0.05) is 59.6 Å². The van der Waals surface area contributed by atoms with Crippen LogP contribution >= 0.6 is 0 Å². The number of carbonyl (C=O) groups excluding carboxylic acids is 1. The van der Waals surface area contributed by atoms with E-state index in [1.807, 2.05) is 31.7 Å². The lowest BCUT2D eigenvalue weighted by atomic mass is 10.0. The highest BCUT2D eigenvalue weighted by atomic mass is 16.1. The van der Waals surface area contributed by atoms with Crippen molar-refractivity contribution in [2.24, 2.45) is 7.05 Å². The Bertz CT molecular complexity index is 1190. The lowest BCUT2D eigenvalue weighted by Crippen LogP contribution is -2.09. The number of pyridine rings is 2. The monoisotopic (exact) mass is 372 g/mol. The summed E-state index contributed by atoms with van der Waals surface area (Å²) in [6.45, 7) is 5.58. The van der Waals surface area contributed by atoms with Crippen molar-refractivity contribution in [3.05, 3.63) is 61.3 Å². The molecule has 0 fully saturated rings. The Morgan fingerprint density at radius 3 is 2.93 bits per heavy atom. The van der Waals surface area contributed by atoms with Gasteiger partial charge in [0.25, 0.3) is 0 Å². The first-order chi connectivity index (χ1) is 13.6. The quantitative estimate of drug-likeness (QED) is 0.523. The number of hydrogen-bond donors (Lipinski definition) is 2. The van der Waals surface area contributed by atoms with E-state index in [9.17, 15) is 4.79 Å². The van der Waals surface area contributed by atoms with Crippen LogP contribution < -0.4 is 5.32 Å². The van der Waals surface area contributed by atoms with Crippen molar-refractivity contribution >= 4 is 22.8 Å². The van der Waals surface area contributed by atoms with Gasteiger partial charge < -0.3 is 10.3 Å². The molecule has 28 heavy (non-hydrogen) atoms. The van der Waals surface area contributed by atoms with E-state index in [1.165, 1.54) is 6.08 Å². The minimum absolute atomic E-state index is 0.305. The number of aromatic nitrogens is 5. The van der Waals surface area contributed by atoms with E-state index in [0.717, 1.165) is 45.4 Å². The summed E-state index contributed by atoms with van der Waals surface area (Å²) < 4.78 is 1.66. The smallest absolute Gasteiger partial charge is 0.248 e. The van der Waals surface area contributed by atoms with Crippen molar-refractivity contribution in [2.45, 2.75) is 13.3 Å². The Morgan fingerprint density at radius 2 is 2.14 bits per heavy atom. The number of anilines is 1. The molecule has 0 spiro atoms. The normalized spacial score (nSPS) is 10.9. The molecule has 0 saturated carbocycles. The molecule has 2 N–H and O–H groups in total. The van der Waals surface area contributed by atoms with E-state index in [4.69, 9.17) is 0 Å². The molecule has 0 atom stereocenters. The van der Waals surface area contributed by atoms with Crippen LogP contribution in [0.2, 0.25) is 0 Å². The van der Waals surface area contributed by atoms with Gasteiger partial charge >= 0.3 is 0 Å². The summed E-state index contributed by atoms with van der Waals surface area (Å²) in [5.74, 6) is 0.169. The summed E-state index contributed by atoms with van der Waals surface area (Å²) in [4.78, 5) is 23.9. The van der Waals surface area contributed by atoms with E-state index < -0.39 is 0 Å². The zero-order valence-corrected chi connectivity index (χ0v) is 15.7. The van der Waals surface area contributed by atoms with E-state index >= 15 is 0 Å². The number of aromatic amines is 1. The first-order valence-electron chi connectivity index (χ1n) is 8.99. The molecule has 7 heteroatoms. The zero-order valence-electron chi connectivity index (χ0n) is 15.7. The number of nitrogens with zero attached hydrogens (tertiary/aromatic N) is 4. The van der Waals surface area contributed by atoms with E-state index in [1.54, 1.807) is 10.9 Å². The predicted octanol–water partition coefficient (Wildman–Crippen LogP) is 3.71. The third kappa shape index (κ3) is 3.18. The minimum Gasteiger partial charge on any atom is -0.346 e. The van der Waals surface area contributed by atoms with Gasteiger partial charge in [0.15, 0.2) is 5.82 Å². The predicted molar refractivity (Wildman–Crippen MR) is 110 cm³/mol. The Balaban J connectivity index is 1.83. The van der Waals surface area contributed by atoms with Crippen LogP contribution in [-0.4, -0.2) is 30.6 Å². The Morgan fingerprint density at radius 1 is 1.29 bits per heavy atom. The molecular weight excluding hydrogens is 352 g/mol. The van der Waals surface area contributed by atoms with Crippen LogP contribution in [0.3, 0.4) is 0 Å². The molecule has 140 valence electrons. The lowest BCUT2D eigenvalue weighted by molar-refractivity contribution is -0.111. The van der Waals surface area contributed by atoms with Crippen LogP contribution in [0.4, 0.5) is 5.82 Å². The number of H-pyrrole nitrogens is 1. The first-order valence-corrected chi connectivity index (χ1v) is 8.99. The Hall–Kier alpha value is -3.74. The maximum atomic E-state index is 11.7. The molecule has 0 aliphatic heterocycles. The Labute approximate surface area is 162 Å². The maximum Gasteiger partial charge on any atom is 0.248 e. The maximum absolute atomic E-state index is 11.7.